The van der Waals surface area contributed by atoms with E-state index in [1.807, 2.05) is 0 Å². The smallest absolute Gasteiger partial charge is 0.312 e. The predicted octanol–water partition coefficient (Wildman–Crippen LogP) is 2.57. The minimum Gasteiger partial charge on any atom is -0.490 e. The van der Waals surface area contributed by atoms with Crippen molar-refractivity contribution in [2.75, 3.05) is 11.8 Å². The molecule has 0 spiro atoms. The zero-order valence-electron chi connectivity index (χ0n) is 15.1. The van der Waals surface area contributed by atoms with Gasteiger partial charge in [-0.15, -0.1) is 0 Å². The topological polar surface area (TPSA) is 142 Å². The number of rotatable bonds is 7. The number of sulfonamides is 1. The third-order valence-electron chi connectivity index (χ3n) is 3.68. The highest BCUT2D eigenvalue weighted by atomic mass is 32.2. The molecule has 0 aromatic heterocycles. The molecule has 0 bridgehead atoms. The van der Waals surface area contributed by atoms with Crippen molar-refractivity contribution in [3.63, 3.8) is 0 Å². The number of nitrogens with two attached hydrogens (primary N) is 1. The summed E-state index contributed by atoms with van der Waals surface area (Å²) in [4.78, 5) is 20.1. The fourth-order valence-electron chi connectivity index (χ4n) is 2.27. The molecule has 0 radical (unpaired) electrons. The van der Waals surface area contributed by atoms with Gasteiger partial charge < -0.3 is 10.5 Å². The molecule has 0 aliphatic heterocycles. The third-order valence-corrected chi connectivity index (χ3v) is 5.08. The van der Waals surface area contributed by atoms with Crippen LogP contribution in [0.15, 0.2) is 23.1 Å². The van der Waals surface area contributed by atoms with Gasteiger partial charge in [-0.3, -0.25) is 19.6 Å². The molecule has 1 amide bonds. The Morgan fingerprint density at radius 3 is 2.06 bits per heavy atom. The molecular weight excluding hydrogens is 457 g/mol. The summed E-state index contributed by atoms with van der Waals surface area (Å²) in [7, 11) is -4.00. The lowest BCUT2D eigenvalue weighted by atomic mass is 10.1. The highest BCUT2D eigenvalue weighted by molar-refractivity contribution is 7.97. The van der Waals surface area contributed by atoms with Crippen molar-refractivity contribution in [3.05, 3.63) is 67.9 Å². The van der Waals surface area contributed by atoms with E-state index in [1.54, 1.807) is 4.72 Å². The maximum atomic E-state index is 13.8. The van der Waals surface area contributed by atoms with Crippen LogP contribution in [0.25, 0.3) is 6.08 Å². The van der Waals surface area contributed by atoms with Crippen molar-refractivity contribution in [2.24, 2.45) is 5.73 Å². The molecular formula is C16H10F5N3O6S. The van der Waals surface area contributed by atoms with Gasteiger partial charge in [-0.25, -0.2) is 30.4 Å². The predicted molar refractivity (Wildman–Crippen MR) is 95.6 cm³/mol. The summed E-state index contributed by atoms with van der Waals surface area (Å²) < 4.78 is 98.8. The van der Waals surface area contributed by atoms with Crippen LogP contribution >= 0.6 is 0 Å². The highest BCUT2D eigenvalue weighted by Crippen LogP contribution is 2.31. The first kappa shape index (κ1) is 23.5. The van der Waals surface area contributed by atoms with Crippen molar-refractivity contribution in [3.8, 4) is 5.75 Å². The van der Waals surface area contributed by atoms with E-state index >= 15 is 0 Å². The maximum absolute atomic E-state index is 13.8. The van der Waals surface area contributed by atoms with Gasteiger partial charge in [-0.1, -0.05) is 0 Å². The van der Waals surface area contributed by atoms with Gasteiger partial charge in [0, 0.05) is 6.07 Å². The van der Waals surface area contributed by atoms with Crippen LogP contribution in [0, 0.1) is 39.2 Å². The monoisotopic (exact) mass is 467 g/mol. The van der Waals surface area contributed by atoms with E-state index in [0.29, 0.717) is 6.07 Å². The van der Waals surface area contributed by atoms with E-state index in [2.05, 4.69) is 0 Å². The molecule has 166 valence electrons. The lowest BCUT2D eigenvalue weighted by Crippen LogP contribution is -2.26. The van der Waals surface area contributed by atoms with Crippen LogP contribution < -0.4 is 15.2 Å². The summed E-state index contributed by atoms with van der Waals surface area (Å²) in [5, 5.41) is 11.0. The Morgan fingerprint density at radius 2 is 1.61 bits per heavy atom. The number of primary amides is 1. The van der Waals surface area contributed by atoms with Crippen molar-refractivity contribution in [1.29, 1.82) is 0 Å². The van der Waals surface area contributed by atoms with Crippen LogP contribution in [0.1, 0.15) is 5.56 Å². The summed E-state index contributed by atoms with van der Waals surface area (Å²) >= 11 is 0. The molecule has 0 saturated heterocycles. The van der Waals surface area contributed by atoms with Crippen molar-refractivity contribution >= 4 is 33.4 Å². The molecule has 0 atom stereocenters. The van der Waals surface area contributed by atoms with Gasteiger partial charge >= 0.3 is 5.69 Å². The van der Waals surface area contributed by atoms with Gasteiger partial charge in [0.1, 0.15) is 0 Å². The lowest BCUT2D eigenvalue weighted by Gasteiger charge is -2.11. The van der Waals surface area contributed by atoms with Gasteiger partial charge in [0.2, 0.25) is 5.82 Å². The minimum absolute atomic E-state index is 0.154. The summed E-state index contributed by atoms with van der Waals surface area (Å²) in [6, 6.07) is 2.65. The summed E-state index contributed by atoms with van der Waals surface area (Å²) in [5.41, 5.74) is 1.96. The molecule has 0 aliphatic rings. The maximum Gasteiger partial charge on any atom is 0.312 e. The van der Waals surface area contributed by atoms with Crippen molar-refractivity contribution < 1.29 is 44.8 Å². The molecule has 9 nitrogen and oxygen atoms in total. The quantitative estimate of drug-likeness (QED) is 0.160. The van der Waals surface area contributed by atoms with Crippen LogP contribution in [0.5, 0.6) is 5.75 Å². The number of nitro groups is 1. The number of halogens is 5. The number of ether oxygens (including phenoxy) is 1. The summed E-state index contributed by atoms with van der Waals surface area (Å²) in [6.45, 7) is 0. The number of nitrogens with one attached hydrogen (secondary N) is 1. The molecule has 0 saturated carbocycles. The van der Waals surface area contributed by atoms with Crippen LogP contribution in [0.2, 0.25) is 0 Å². The van der Waals surface area contributed by atoms with E-state index < -0.39 is 71.8 Å². The molecule has 2 aromatic carbocycles. The first-order valence-corrected chi connectivity index (χ1v) is 9.18. The zero-order valence-corrected chi connectivity index (χ0v) is 15.9. The Bertz CT molecular complexity index is 1200. The Kier molecular flexibility index (Phi) is 6.49. The van der Waals surface area contributed by atoms with E-state index in [1.165, 1.54) is 0 Å². The largest absolute Gasteiger partial charge is 0.490 e. The number of carbonyl (C=O) groups is 1. The number of nitro benzene ring substituents is 1. The van der Waals surface area contributed by atoms with Gasteiger partial charge in [0.25, 0.3) is 15.9 Å². The molecule has 0 heterocycles. The Hall–Kier alpha value is -3.75. The fraction of sp³-hybridized carbons (Fsp3) is 0.0625. The van der Waals surface area contributed by atoms with E-state index in [9.17, 15) is 45.3 Å². The van der Waals surface area contributed by atoms with Crippen LogP contribution in [0.4, 0.5) is 33.3 Å². The van der Waals surface area contributed by atoms with Crippen LogP contribution in [0.3, 0.4) is 0 Å². The second kappa shape index (κ2) is 8.55. The molecule has 0 unspecified atom stereocenters. The van der Waals surface area contributed by atoms with Gasteiger partial charge in [-0.05, 0) is 18.2 Å². The Morgan fingerprint density at radius 1 is 1.10 bits per heavy atom. The number of amides is 1. The van der Waals surface area contributed by atoms with Crippen LogP contribution in [-0.2, 0) is 14.8 Å². The van der Waals surface area contributed by atoms with E-state index in [0.717, 1.165) is 19.2 Å². The average molecular weight is 467 g/mol. The molecule has 31 heavy (non-hydrogen) atoms. The summed E-state index contributed by atoms with van der Waals surface area (Å²) in [5.74, 6) is -14.2. The third kappa shape index (κ3) is 4.55. The second-order valence-electron chi connectivity index (χ2n) is 5.61. The average Bonchev–Trinajstić information content (AvgIpc) is 2.69. The zero-order chi connectivity index (χ0) is 23.7. The SMILES string of the molecule is COc1ccc(NS(=O)(=O)/C(=C/c2c(F)c(F)c(F)c(F)c2F)C(N)=O)cc1[N+](=O)[O-]. The first-order chi connectivity index (χ1) is 14.3. The van der Waals surface area contributed by atoms with Gasteiger partial charge in [0.15, 0.2) is 33.9 Å². The second-order valence-corrected chi connectivity index (χ2v) is 7.26. The molecule has 15 heteroatoms. The highest BCUT2D eigenvalue weighted by Gasteiger charge is 2.29. The van der Waals surface area contributed by atoms with Gasteiger partial charge in [0.05, 0.1) is 23.3 Å². The fourth-order valence-corrected chi connectivity index (χ4v) is 3.35. The normalized spacial score (nSPS) is 11.9. The minimum atomic E-state index is -5.10. The van der Waals surface area contributed by atoms with Crippen molar-refractivity contribution in [1.82, 2.24) is 0 Å². The summed E-state index contributed by atoms with van der Waals surface area (Å²) in [6.07, 6.45) is -0.154. The lowest BCUT2D eigenvalue weighted by molar-refractivity contribution is -0.385. The van der Waals surface area contributed by atoms with E-state index in [4.69, 9.17) is 10.5 Å². The molecule has 3 N–H and O–H groups in total. The molecule has 2 rings (SSSR count). The van der Waals surface area contributed by atoms with Crippen LogP contribution in [-0.4, -0.2) is 26.4 Å². The first-order valence-electron chi connectivity index (χ1n) is 7.70. The molecule has 0 fully saturated rings. The number of carbonyl (C=O) groups excluding carboxylic acids is 1. The van der Waals surface area contributed by atoms with Gasteiger partial charge in [-0.2, -0.15) is 0 Å². The Balaban J connectivity index is 2.62. The van der Waals surface area contributed by atoms with Crippen molar-refractivity contribution in [2.45, 2.75) is 0 Å². The number of benzene rings is 2. The number of hydrogen-bond donors (Lipinski definition) is 2. The number of nitrogens with zero attached hydrogens (tertiary/aromatic N) is 1. The van der Waals surface area contributed by atoms with E-state index in [-0.39, 0.29) is 11.8 Å². The Labute approximate surface area is 170 Å². The number of hydrogen-bond acceptors (Lipinski definition) is 6. The molecule has 0 aliphatic carbocycles. The standard InChI is InChI=1S/C16H10F5N3O6S/c1-30-9-3-2-6(4-8(9)24(26)27)23-31(28,29)10(16(22)25)5-7-11(17)13(19)15(21)14(20)12(7)18/h2-5,23H,1H3,(H2,22,25)/b10-5+. The number of methoxy groups -OCH3 is 1. The number of anilines is 1. The molecule has 2 aromatic rings.